The van der Waals surface area contributed by atoms with E-state index in [9.17, 15) is 4.79 Å². The lowest BCUT2D eigenvalue weighted by Gasteiger charge is -1.88. The molecule has 1 saturated heterocycles. The lowest BCUT2D eigenvalue weighted by Crippen LogP contribution is -2.09. The van der Waals surface area contributed by atoms with Crippen LogP contribution in [0.4, 0.5) is 0 Å². The van der Waals surface area contributed by atoms with E-state index < -0.39 is 6.10 Å². The van der Waals surface area contributed by atoms with E-state index in [4.69, 9.17) is 0 Å². The molecule has 0 aromatic carbocycles. The van der Waals surface area contributed by atoms with Gasteiger partial charge in [0.25, 0.3) is 0 Å². The van der Waals surface area contributed by atoms with Gasteiger partial charge in [-0.05, 0) is 0 Å². The van der Waals surface area contributed by atoms with Gasteiger partial charge in [-0.3, -0.25) is 4.79 Å². The molecule has 0 aromatic rings. The van der Waals surface area contributed by atoms with Crippen molar-refractivity contribution in [3.8, 4) is 0 Å². The lowest BCUT2D eigenvalue weighted by molar-refractivity contribution is 0.0601. The van der Waals surface area contributed by atoms with Gasteiger partial charge in [0, 0.05) is 0 Å². The highest BCUT2D eigenvalue weighted by Crippen LogP contribution is 1.97. The van der Waals surface area contributed by atoms with E-state index >= 15 is 0 Å². The number of hydrogen-bond donors (Lipinski definition) is 0. The third kappa shape index (κ3) is 0.976. The summed E-state index contributed by atoms with van der Waals surface area (Å²) in [5.41, 5.74) is 0. The first-order valence-electron chi connectivity index (χ1n) is 2.00. The topological polar surface area (TPSA) is 35.5 Å². The fourth-order valence-corrected chi connectivity index (χ4v) is 0.402. The Morgan fingerprint density at radius 3 is 2.86 bits per heavy atom. The van der Waals surface area contributed by atoms with Gasteiger partial charge in [-0.2, -0.15) is 0 Å². The van der Waals surface area contributed by atoms with E-state index in [1.165, 1.54) is 0 Å². The Bertz CT molecular complexity index is 65.3. The Hall–Kier alpha value is -0.410. The first kappa shape index (κ1) is 4.74. The molecular weight excluding hydrogens is 96.0 g/mol. The molecule has 0 aliphatic carbocycles. The molecule has 1 atom stereocenters. The summed E-state index contributed by atoms with van der Waals surface area (Å²) in [5, 5.41) is 0. The molecule has 3 heteroatoms. The Morgan fingerprint density at radius 1 is 1.71 bits per heavy atom. The fourth-order valence-electron chi connectivity index (χ4n) is 0.402. The highest BCUT2D eigenvalue weighted by molar-refractivity contribution is 5.57. The molecule has 1 aliphatic rings. The maximum absolute atomic E-state index is 9.68. The van der Waals surface area contributed by atoms with Gasteiger partial charge in [-0.15, -0.1) is 0 Å². The Labute approximate surface area is 41.2 Å². The second-order valence-electron chi connectivity index (χ2n) is 1.26. The van der Waals surface area contributed by atoms with Crippen LogP contribution in [0, 0.1) is 0 Å². The Balaban J connectivity index is 2.26. The first-order chi connectivity index (χ1) is 3.43. The van der Waals surface area contributed by atoms with Crippen LogP contribution in [-0.4, -0.2) is 25.8 Å². The molecule has 1 fully saturated rings. The predicted octanol–water partition coefficient (Wildman–Crippen LogP) is -0.531. The summed E-state index contributed by atoms with van der Waals surface area (Å²) in [5.74, 6) is 0. The molecule has 3 nitrogen and oxygen atoms in total. The average molecular weight is 101 g/mol. The minimum atomic E-state index is -0.431. The quantitative estimate of drug-likeness (QED) is 0.445. The lowest BCUT2D eigenvalue weighted by atomic mass is 10.4. The minimum Gasteiger partial charge on any atom is -0.352 e. The van der Waals surface area contributed by atoms with E-state index in [0.29, 0.717) is 6.61 Å². The van der Waals surface area contributed by atoms with Gasteiger partial charge in [0.15, 0.2) is 0 Å². The van der Waals surface area contributed by atoms with Crippen molar-refractivity contribution in [2.24, 2.45) is 0 Å². The van der Waals surface area contributed by atoms with Crippen molar-refractivity contribution in [3.63, 3.8) is 0 Å². The van der Waals surface area contributed by atoms with Crippen LogP contribution in [0.5, 0.6) is 0 Å². The minimum absolute atomic E-state index is 0.236. The molecule has 1 rings (SSSR count). The molecule has 1 heterocycles. The number of hydrogen-bond acceptors (Lipinski definition) is 3. The van der Waals surface area contributed by atoms with E-state index in [1.807, 2.05) is 0 Å². The first-order valence-corrected chi connectivity index (χ1v) is 2.00. The molecule has 7 heavy (non-hydrogen) atoms. The van der Waals surface area contributed by atoms with Crippen molar-refractivity contribution < 1.29 is 14.3 Å². The highest BCUT2D eigenvalue weighted by atomic mass is 16.7. The zero-order valence-corrected chi connectivity index (χ0v) is 3.72. The second kappa shape index (κ2) is 2.04. The maximum atomic E-state index is 9.68. The molecule has 0 spiro atoms. The summed E-state index contributed by atoms with van der Waals surface area (Å²) in [4.78, 5) is 9.68. The molecule has 1 aliphatic heterocycles. The molecular formula is C4H5O3. The normalized spacial score (nSPS) is 30.6. The number of ether oxygens (including phenoxy) is 2. The van der Waals surface area contributed by atoms with Crippen LogP contribution >= 0.6 is 0 Å². The van der Waals surface area contributed by atoms with Gasteiger partial charge >= 0.3 is 0 Å². The van der Waals surface area contributed by atoms with Gasteiger partial charge in [0.2, 0.25) is 6.29 Å². The highest BCUT2D eigenvalue weighted by Gasteiger charge is 2.14. The summed E-state index contributed by atoms with van der Waals surface area (Å²) in [7, 11) is 0. The molecule has 1 radical (unpaired) electrons. The van der Waals surface area contributed by atoms with E-state index in [-0.39, 0.29) is 6.79 Å². The van der Waals surface area contributed by atoms with E-state index in [1.54, 1.807) is 6.29 Å². The number of rotatable bonds is 1. The molecule has 0 saturated carbocycles. The Morgan fingerprint density at radius 2 is 2.57 bits per heavy atom. The SMILES string of the molecule is O=[C]C1COCO1. The molecule has 0 aromatic heterocycles. The largest absolute Gasteiger partial charge is 0.352 e. The van der Waals surface area contributed by atoms with Crippen LogP contribution in [0.15, 0.2) is 0 Å². The molecule has 39 valence electrons. The van der Waals surface area contributed by atoms with Gasteiger partial charge < -0.3 is 9.47 Å². The van der Waals surface area contributed by atoms with E-state index in [2.05, 4.69) is 9.47 Å². The maximum Gasteiger partial charge on any atom is 0.232 e. The monoisotopic (exact) mass is 101 g/mol. The zero-order chi connectivity index (χ0) is 5.11. The third-order valence-corrected chi connectivity index (χ3v) is 0.753. The van der Waals surface area contributed by atoms with Crippen molar-refractivity contribution in [3.05, 3.63) is 0 Å². The molecule has 0 amide bonds. The molecule has 0 bridgehead atoms. The van der Waals surface area contributed by atoms with Crippen LogP contribution < -0.4 is 0 Å². The Kier molecular flexibility index (Phi) is 1.38. The van der Waals surface area contributed by atoms with Gasteiger partial charge in [0.05, 0.1) is 6.61 Å². The van der Waals surface area contributed by atoms with Crippen molar-refractivity contribution in [1.82, 2.24) is 0 Å². The number of carbonyl (C=O) groups excluding carboxylic acids is 1. The summed E-state index contributed by atoms with van der Waals surface area (Å²) >= 11 is 0. The van der Waals surface area contributed by atoms with Gasteiger partial charge in [-0.1, -0.05) is 0 Å². The van der Waals surface area contributed by atoms with Crippen molar-refractivity contribution in [1.29, 1.82) is 0 Å². The third-order valence-electron chi connectivity index (χ3n) is 0.753. The smallest absolute Gasteiger partial charge is 0.232 e. The standard InChI is InChI=1S/C4H5O3/c5-1-4-2-6-3-7-4/h4H,2-3H2. The second-order valence-corrected chi connectivity index (χ2v) is 1.26. The predicted molar refractivity (Wildman–Crippen MR) is 21.4 cm³/mol. The molecule has 0 N–H and O–H groups in total. The summed E-state index contributed by atoms with van der Waals surface area (Å²) in [6.45, 7) is 0.601. The van der Waals surface area contributed by atoms with Crippen molar-refractivity contribution in [2.75, 3.05) is 13.4 Å². The van der Waals surface area contributed by atoms with Crippen LogP contribution in [-0.2, 0) is 14.3 Å². The van der Waals surface area contributed by atoms with Gasteiger partial charge in [0.1, 0.15) is 12.9 Å². The summed E-state index contributed by atoms with van der Waals surface area (Å²) in [6.07, 6.45) is 1.24. The van der Waals surface area contributed by atoms with E-state index in [0.717, 1.165) is 0 Å². The van der Waals surface area contributed by atoms with Crippen LogP contribution in [0.2, 0.25) is 0 Å². The molecule has 1 unspecified atom stereocenters. The summed E-state index contributed by atoms with van der Waals surface area (Å²) in [6, 6.07) is 0. The van der Waals surface area contributed by atoms with Crippen LogP contribution in [0.1, 0.15) is 0 Å². The fraction of sp³-hybridized carbons (Fsp3) is 0.750. The zero-order valence-electron chi connectivity index (χ0n) is 3.72. The van der Waals surface area contributed by atoms with Crippen molar-refractivity contribution >= 4 is 6.29 Å². The average Bonchev–Trinajstić information content (AvgIpc) is 2.14. The van der Waals surface area contributed by atoms with Crippen LogP contribution in [0.25, 0.3) is 0 Å². The van der Waals surface area contributed by atoms with Gasteiger partial charge in [-0.25, -0.2) is 0 Å². The van der Waals surface area contributed by atoms with Crippen LogP contribution in [0.3, 0.4) is 0 Å². The van der Waals surface area contributed by atoms with Crippen molar-refractivity contribution in [2.45, 2.75) is 6.10 Å². The summed E-state index contributed by atoms with van der Waals surface area (Å²) < 4.78 is 9.32.